The number of rotatable bonds is 9. The first-order valence-electron chi connectivity index (χ1n) is 13.4. The van der Waals surface area contributed by atoms with E-state index in [0.29, 0.717) is 18.2 Å². The average molecular weight is 530 g/mol. The lowest BCUT2D eigenvalue weighted by molar-refractivity contribution is -0.153. The summed E-state index contributed by atoms with van der Waals surface area (Å²) in [4.78, 5) is 37.0. The predicted octanol–water partition coefficient (Wildman–Crippen LogP) is 3.21. The highest BCUT2D eigenvalue weighted by Gasteiger charge is 2.37. The van der Waals surface area contributed by atoms with Crippen LogP contribution in [0.1, 0.15) is 29.9 Å². The number of hydrogen-bond donors (Lipinski definition) is 2. The molecule has 1 aromatic heterocycles. The molecule has 39 heavy (non-hydrogen) atoms. The molecule has 2 saturated heterocycles. The summed E-state index contributed by atoms with van der Waals surface area (Å²) in [5.74, 6) is 0.733. The van der Waals surface area contributed by atoms with Gasteiger partial charge in [0.25, 0.3) is 0 Å². The van der Waals surface area contributed by atoms with Gasteiger partial charge in [-0.05, 0) is 55.5 Å². The van der Waals surface area contributed by atoms with Crippen LogP contribution < -0.4 is 15.0 Å². The number of carbonyl (C=O) groups is 2. The lowest BCUT2D eigenvalue weighted by Crippen LogP contribution is -2.58. The van der Waals surface area contributed by atoms with Crippen LogP contribution in [0.3, 0.4) is 0 Å². The van der Waals surface area contributed by atoms with Crippen molar-refractivity contribution in [3.05, 3.63) is 72.1 Å². The Labute approximate surface area is 228 Å². The zero-order valence-corrected chi connectivity index (χ0v) is 22.4. The van der Waals surface area contributed by atoms with E-state index in [1.807, 2.05) is 42.7 Å². The van der Waals surface area contributed by atoms with Crippen molar-refractivity contribution in [2.75, 3.05) is 45.2 Å². The van der Waals surface area contributed by atoms with Crippen LogP contribution in [0.5, 0.6) is 5.75 Å². The number of likely N-dealkylation sites (N-methyl/N-ethyl adjacent to an activating group) is 1. The first-order valence-corrected chi connectivity index (χ1v) is 13.4. The molecule has 0 aliphatic carbocycles. The number of hydrogen-bond acceptors (Lipinski definition) is 7. The Hall–Kier alpha value is -3.98. The molecule has 1 atom stereocenters. The van der Waals surface area contributed by atoms with Gasteiger partial charge in [0.05, 0.1) is 37.2 Å². The molecule has 2 aromatic carbocycles. The Morgan fingerprint density at radius 1 is 1.08 bits per heavy atom. The van der Waals surface area contributed by atoms with E-state index >= 15 is 0 Å². The number of carboxylic acids is 1. The maximum Gasteiger partial charge on any atom is 0.310 e. The van der Waals surface area contributed by atoms with Gasteiger partial charge in [0.1, 0.15) is 5.75 Å². The summed E-state index contributed by atoms with van der Waals surface area (Å²) in [6.07, 6.45) is 6.47. The van der Waals surface area contributed by atoms with E-state index in [1.165, 1.54) is 5.56 Å². The van der Waals surface area contributed by atoms with E-state index in [0.717, 1.165) is 48.5 Å². The van der Waals surface area contributed by atoms with Crippen LogP contribution in [-0.4, -0.2) is 78.2 Å². The Balaban J connectivity index is 1.15. The zero-order valence-electron chi connectivity index (χ0n) is 22.4. The number of likely N-dealkylation sites (tertiary alicyclic amines) is 1. The van der Waals surface area contributed by atoms with Crippen molar-refractivity contribution < 1.29 is 19.4 Å². The van der Waals surface area contributed by atoms with E-state index in [2.05, 4.69) is 38.4 Å². The van der Waals surface area contributed by atoms with Gasteiger partial charge in [-0.15, -0.1) is 0 Å². The van der Waals surface area contributed by atoms with Gasteiger partial charge < -0.3 is 25.0 Å². The van der Waals surface area contributed by atoms with Gasteiger partial charge in [-0.3, -0.25) is 9.59 Å². The van der Waals surface area contributed by atoms with Crippen LogP contribution in [0.25, 0.3) is 11.4 Å². The maximum absolute atomic E-state index is 12.7. The van der Waals surface area contributed by atoms with Crippen molar-refractivity contribution in [2.24, 2.45) is 5.92 Å². The number of benzene rings is 2. The molecule has 204 valence electrons. The fourth-order valence-corrected chi connectivity index (χ4v) is 5.37. The predicted molar refractivity (Wildman–Crippen MR) is 149 cm³/mol. The summed E-state index contributed by atoms with van der Waals surface area (Å²) in [5.41, 5.74) is 4.30. The Morgan fingerprint density at radius 3 is 2.38 bits per heavy atom. The summed E-state index contributed by atoms with van der Waals surface area (Å²) in [6, 6.07) is 15.9. The third-order valence-electron chi connectivity index (χ3n) is 7.90. The molecule has 2 fully saturated rings. The van der Waals surface area contributed by atoms with Crippen molar-refractivity contribution in [1.29, 1.82) is 0 Å². The number of piperidine rings is 1. The van der Waals surface area contributed by atoms with Crippen LogP contribution in [0, 0.1) is 5.92 Å². The molecule has 5 rings (SSSR count). The molecule has 0 spiro atoms. The number of nitrogens with zero attached hydrogens (tertiary/aromatic N) is 4. The largest absolute Gasteiger partial charge is 0.497 e. The highest BCUT2D eigenvalue weighted by molar-refractivity contribution is 5.85. The molecular weight excluding hydrogens is 494 g/mol. The summed E-state index contributed by atoms with van der Waals surface area (Å²) in [7, 11) is 3.46. The SMILES string of the molecule is CNC(Cc1ccc(-c2ncc(N3CCC(c4cccc(OC)c4)CC3)cn2)cc1)C(=O)N1CC(C(=O)O)C1. The summed E-state index contributed by atoms with van der Waals surface area (Å²) in [5, 5.41) is 12.1. The molecule has 1 unspecified atom stereocenters. The molecule has 1 amide bonds. The molecule has 9 nitrogen and oxygen atoms in total. The lowest BCUT2D eigenvalue weighted by atomic mass is 9.89. The number of carboxylic acid groups (broad SMARTS) is 1. The second-order valence-electron chi connectivity index (χ2n) is 10.3. The first-order chi connectivity index (χ1) is 18.9. The van der Waals surface area contributed by atoms with Crippen LogP contribution in [0.2, 0.25) is 0 Å². The first kappa shape index (κ1) is 26.6. The monoisotopic (exact) mass is 529 g/mol. The van der Waals surface area contributed by atoms with Crippen molar-refractivity contribution in [1.82, 2.24) is 20.2 Å². The highest BCUT2D eigenvalue weighted by Crippen LogP contribution is 2.32. The third kappa shape index (κ3) is 6.04. The topological polar surface area (TPSA) is 108 Å². The Kier molecular flexibility index (Phi) is 8.07. The summed E-state index contributed by atoms with van der Waals surface area (Å²) in [6.45, 7) is 2.47. The lowest BCUT2D eigenvalue weighted by Gasteiger charge is -2.38. The van der Waals surface area contributed by atoms with Gasteiger partial charge in [-0.25, -0.2) is 9.97 Å². The highest BCUT2D eigenvalue weighted by atomic mass is 16.5. The smallest absolute Gasteiger partial charge is 0.310 e. The molecular formula is C30H35N5O4. The van der Waals surface area contributed by atoms with Crippen LogP contribution in [0.15, 0.2) is 60.9 Å². The van der Waals surface area contributed by atoms with Crippen molar-refractivity contribution in [3.8, 4) is 17.1 Å². The second-order valence-corrected chi connectivity index (χ2v) is 10.3. The zero-order chi connectivity index (χ0) is 27.4. The minimum Gasteiger partial charge on any atom is -0.497 e. The van der Waals surface area contributed by atoms with Gasteiger partial charge in [0.15, 0.2) is 5.82 Å². The number of aromatic nitrogens is 2. The van der Waals surface area contributed by atoms with Gasteiger partial charge in [-0.2, -0.15) is 0 Å². The molecule has 0 saturated carbocycles. The fraction of sp³-hybridized carbons (Fsp3) is 0.400. The Morgan fingerprint density at radius 2 is 1.77 bits per heavy atom. The molecule has 2 N–H and O–H groups in total. The average Bonchev–Trinajstić information content (AvgIpc) is 2.95. The number of amides is 1. The normalized spacial score (nSPS) is 17.0. The number of carbonyl (C=O) groups excluding carboxylic acids is 1. The Bertz CT molecular complexity index is 1280. The molecule has 2 aliphatic heterocycles. The minimum atomic E-state index is -0.847. The van der Waals surface area contributed by atoms with E-state index in [-0.39, 0.29) is 19.0 Å². The summed E-state index contributed by atoms with van der Waals surface area (Å²) >= 11 is 0. The fourth-order valence-electron chi connectivity index (χ4n) is 5.37. The number of aliphatic carboxylic acids is 1. The van der Waals surface area contributed by atoms with Crippen molar-refractivity contribution in [3.63, 3.8) is 0 Å². The van der Waals surface area contributed by atoms with Crippen LogP contribution >= 0.6 is 0 Å². The van der Waals surface area contributed by atoms with Crippen LogP contribution in [0.4, 0.5) is 5.69 Å². The van der Waals surface area contributed by atoms with E-state index in [9.17, 15) is 9.59 Å². The molecule has 3 heterocycles. The van der Waals surface area contributed by atoms with E-state index in [1.54, 1.807) is 19.1 Å². The molecule has 0 bridgehead atoms. The molecule has 9 heteroatoms. The van der Waals surface area contributed by atoms with Gasteiger partial charge in [-0.1, -0.05) is 36.4 Å². The standard InChI is InChI=1S/C30H35N5O4/c1-31-27(29(36)35-18-24(19-35)30(37)38)14-20-6-8-22(9-7-20)28-32-16-25(17-33-28)34-12-10-21(11-13-34)23-4-3-5-26(15-23)39-2/h3-9,15-17,21,24,27,31H,10-14,18-19H2,1-2H3,(H,37,38). The number of ether oxygens (including phenoxy) is 1. The number of methoxy groups -OCH3 is 1. The number of nitrogens with one attached hydrogen (secondary N) is 1. The van der Waals surface area contributed by atoms with Crippen LogP contribution in [-0.2, 0) is 16.0 Å². The van der Waals surface area contributed by atoms with Gasteiger partial charge in [0, 0.05) is 31.7 Å². The van der Waals surface area contributed by atoms with Crippen molar-refractivity contribution >= 4 is 17.6 Å². The molecule has 2 aliphatic rings. The maximum atomic E-state index is 12.7. The van der Waals surface area contributed by atoms with Gasteiger partial charge in [0.2, 0.25) is 5.91 Å². The van der Waals surface area contributed by atoms with Gasteiger partial charge >= 0.3 is 5.97 Å². The molecule has 0 radical (unpaired) electrons. The quantitative estimate of drug-likeness (QED) is 0.435. The second kappa shape index (κ2) is 11.8. The third-order valence-corrected chi connectivity index (χ3v) is 7.90. The summed E-state index contributed by atoms with van der Waals surface area (Å²) < 4.78 is 5.38. The van der Waals surface area contributed by atoms with E-state index < -0.39 is 17.9 Å². The minimum absolute atomic E-state index is 0.0643. The van der Waals surface area contributed by atoms with E-state index in [4.69, 9.17) is 9.84 Å². The molecule has 3 aromatic rings. The van der Waals surface area contributed by atoms with Crippen molar-refractivity contribution in [2.45, 2.75) is 31.2 Å². The number of anilines is 1.